The van der Waals surface area contributed by atoms with Gasteiger partial charge >= 0.3 is 0 Å². The Morgan fingerprint density at radius 3 is 2.57 bits per heavy atom. The van der Waals surface area contributed by atoms with Crippen molar-refractivity contribution in [2.45, 2.75) is 26.7 Å². The molecular weight excluding hydrogens is 268 g/mol. The van der Waals surface area contributed by atoms with Gasteiger partial charge in [-0.05, 0) is 30.5 Å². The fraction of sp³-hybridized carbons (Fsp3) is 0.267. The topological polar surface area (TPSA) is 101 Å². The highest BCUT2D eigenvalue weighted by Gasteiger charge is 2.17. The Kier molecular flexibility index (Phi) is 4.07. The molecule has 0 saturated carbocycles. The van der Waals surface area contributed by atoms with Crippen LogP contribution in [0.5, 0.6) is 0 Å². The number of rotatable bonds is 4. The molecule has 1 aromatic carbocycles. The summed E-state index contributed by atoms with van der Waals surface area (Å²) in [6.07, 6.45) is 1.69. The lowest BCUT2D eigenvalue weighted by atomic mass is 10.0. The van der Waals surface area contributed by atoms with E-state index in [1.54, 1.807) is 31.3 Å². The molecule has 6 nitrogen and oxygen atoms in total. The number of anilines is 1. The smallest absolute Gasteiger partial charge is 0.257 e. The van der Waals surface area contributed by atoms with Gasteiger partial charge in [-0.2, -0.15) is 5.10 Å². The van der Waals surface area contributed by atoms with Crippen LogP contribution in [0.15, 0.2) is 24.4 Å². The number of nitrogens with two attached hydrogens (primary N) is 1. The summed E-state index contributed by atoms with van der Waals surface area (Å²) >= 11 is 0. The van der Waals surface area contributed by atoms with Gasteiger partial charge in [-0.25, -0.2) is 0 Å². The number of carbonyl (C=O) groups is 2. The standard InChI is InChI=1S/C15H18N4O2/c1-8(2)12-7-17-19-14(12)18-15(21)11-6-4-5-10(9(11)3)13(16)20/h4-8H,1-3H3,(H2,16,20)(H2,17,18,19,21). The maximum Gasteiger partial charge on any atom is 0.257 e. The SMILES string of the molecule is Cc1c(C(N)=O)cccc1C(=O)Nc1[nH]ncc1C(C)C. The molecule has 0 unspecified atom stereocenters. The number of aromatic amines is 1. The van der Waals surface area contributed by atoms with Crippen molar-refractivity contribution in [2.75, 3.05) is 5.32 Å². The van der Waals surface area contributed by atoms with Gasteiger partial charge in [-0.1, -0.05) is 19.9 Å². The molecule has 1 heterocycles. The van der Waals surface area contributed by atoms with Crippen LogP contribution in [-0.2, 0) is 0 Å². The fourth-order valence-corrected chi connectivity index (χ4v) is 2.16. The predicted octanol–water partition coefficient (Wildman–Crippen LogP) is 2.19. The zero-order valence-corrected chi connectivity index (χ0v) is 12.2. The molecule has 0 spiro atoms. The van der Waals surface area contributed by atoms with E-state index >= 15 is 0 Å². The van der Waals surface area contributed by atoms with Crippen molar-refractivity contribution in [2.24, 2.45) is 5.73 Å². The molecule has 0 aliphatic carbocycles. The van der Waals surface area contributed by atoms with Crippen molar-refractivity contribution in [1.29, 1.82) is 0 Å². The van der Waals surface area contributed by atoms with Gasteiger partial charge in [0.15, 0.2) is 0 Å². The normalized spacial score (nSPS) is 10.7. The van der Waals surface area contributed by atoms with Crippen LogP contribution in [-0.4, -0.2) is 22.0 Å². The second kappa shape index (κ2) is 5.78. The molecule has 2 rings (SSSR count). The van der Waals surface area contributed by atoms with Crippen molar-refractivity contribution >= 4 is 17.6 Å². The Balaban J connectivity index is 2.31. The van der Waals surface area contributed by atoms with E-state index in [1.165, 1.54) is 0 Å². The number of aromatic nitrogens is 2. The average Bonchev–Trinajstić information content (AvgIpc) is 2.86. The van der Waals surface area contributed by atoms with Crippen molar-refractivity contribution in [3.63, 3.8) is 0 Å². The fourth-order valence-electron chi connectivity index (χ4n) is 2.16. The van der Waals surface area contributed by atoms with Gasteiger partial charge in [0.1, 0.15) is 5.82 Å². The third-order valence-electron chi connectivity index (χ3n) is 3.37. The van der Waals surface area contributed by atoms with Gasteiger partial charge < -0.3 is 11.1 Å². The highest BCUT2D eigenvalue weighted by atomic mass is 16.2. The van der Waals surface area contributed by atoms with Crippen LogP contribution in [0, 0.1) is 6.92 Å². The van der Waals surface area contributed by atoms with Crippen LogP contribution in [0.3, 0.4) is 0 Å². The van der Waals surface area contributed by atoms with E-state index in [0.29, 0.717) is 22.5 Å². The van der Waals surface area contributed by atoms with E-state index in [4.69, 9.17) is 5.73 Å². The molecule has 0 aliphatic heterocycles. The molecule has 0 aliphatic rings. The van der Waals surface area contributed by atoms with E-state index in [0.717, 1.165) is 5.56 Å². The van der Waals surface area contributed by atoms with Crippen molar-refractivity contribution in [1.82, 2.24) is 10.2 Å². The molecular formula is C15H18N4O2. The number of primary amides is 1. The lowest BCUT2D eigenvalue weighted by molar-refractivity contribution is 0.0999. The quantitative estimate of drug-likeness (QED) is 0.803. The Morgan fingerprint density at radius 1 is 1.29 bits per heavy atom. The van der Waals surface area contributed by atoms with Crippen molar-refractivity contribution < 1.29 is 9.59 Å². The zero-order valence-electron chi connectivity index (χ0n) is 12.2. The second-order valence-corrected chi connectivity index (χ2v) is 5.15. The maximum atomic E-state index is 12.4. The van der Waals surface area contributed by atoms with E-state index in [9.17, 15) is 9.59 Å². The summed E-state index contributed by atoms with van der Waals surface area (Å²) in [5.74, 6) is -0.0516. The molecule has 6 heteroatoms. The first kappa shape index (κ1) is 14.8. The minimum absolute atomic E-state index is 0.233. The minimum Gasteiger partial charge on any atom is -0.366 e. The number of H-pyrrole nitrogens is 1. The molecule has 0 atom stereocenters. The molecule has 0 fully saturated rings. The lowest BCUT2D eigenvalue weighted by Crippen LogP contribution is -2.19. The van der Waals surface area contributed by atoms with E-state index in [2.05, 4.69) is 15.5 Å². The summed E-state index contributed by atoms with van der Waals surface area (Å²) in [5, 5.41) is 9.50. The molecule has 0 radical (unpaired) electrons. The van der Waals surface area contributed by atoms with Crippen LogP contribution in [0.25, 0.3) is 0 Å². The predicted molar refractivity (Wildman–Crippen MR) is 80.3 cm³/mol. The van der Waals surface area contributed by atoms with E-state index < -0.39 is 5.91 Å². The number of amides is 2. The first-order chi connectivity index (χ1) is 9.91. The maximum absolute atomic E-state index is 12.4. The Labute approximate surface area is 122 Å². The van der Waals surface area contributed by atoms with Gasteiger partial charge in [-0.3, -0.25) is 14.7 Å². The molecule has 2 aromatic rings. The van der Waals surface area contributed by atoms with Crippen LogP contribution < -0.4 is 11.1 Å². The second-order valence-electron chi connectivity index (χ2n) is 5.15. The zero-order chi connectivity index (χ0) is 15.6. The summed E-state index contributed by atoms with van der Waals surface area (Å²) < 4.78 is 0. The minimum atomic E-state index is -0.549. The Bertz CT molecular complexity index is 689. The van der Waals surface area contributed by atoms with Gasteiger partial charge in [0, 0.05) is 16.7 Å². The number of hydrogen-bond donors (Lipinski definition) is 3. The Hall–Kier alpha value is -2.63. The van der Waals surface area contributed by atoms with Gasteiger partial charge in [-0.15, -0.1) is 0 Å². The lowest BCUT2D eigenvalue weighted by Gasteiger charge is -2.11. The molecule has 4 N–H and O–H groups in total. The molecule has 21 heavy (non-hydrogen) atoms. The molecule has 1 aromatic heterocycles. The Morgan fingerprint density at radius 2 is 1.95 bits per heavy atom. The monoisotopic (exact) mass is 286 g/mol. The van der Waals surface area contributed by atoms with E-state index in [1.807, 2.05) is 13.8 Å². The summed E-state index contributed by atoms with van der Waals surface area (Å²) in [6.45, 7) is 5.73. The van der Waals surface area contributed by atoms with Gasteiger partial charge in [0.25, 0.3) is 5.91 Å². The number of nitrogens with one attached hydrogen (secondary N) is 2. The van der Waals surface area contributed by atoms with Crippen LogP contribution in [0.2, 0.25) is 0 Å². The number of benzene rings is 1. The van der Waals surface area contributed by atoms with Crippen LogP contribution in [0.4, 0.5) is 5.82 Å². The number of carbonyl (C=O) groups excluding carboxylic acids is 2. The van der Waals surface area contributed by atoms with Crippen molar-refractivity contribution in [3.05, 3.63) is 46.6 Å². The highest BCUT2D eigenvalue weighted by molar-refractivity contribution is 6.07. The molecule has 0 bridgehead atoms. The van der Waals surface area contributed by atoms with Gasteiger partial charge in [0.2, 0.25) is 5.91 Å². The summed E-state index contributed by atoms with van der Waals surface area (Å²) in [4.78, 5) is 23.7. The summed E-state index contributed by atoms with van der Waals surface area (Å²) in [5.41, 5.74) is 7.54. The largest absolute Gasteiger partial charge is 0.366 e. The third kappa shape index (κ3) is 2.94. The first-order valence-corrected chi connectivity index (χ1v) is 6.65. The van der Waals surface area contributed by atoms with E-state index in [-0.39, 0.29) is 11.8 Å². The summed E-state index contributed by atoms with van der Waals surface area (Å²) in [7, 11) is 0. The molecule has 2 amide bonds. The van der Waals surface area contributed by atoms with Crippen LogP contribution >= 0.6 is 0 Å². The van der Waals surface area contributed by atoms with Crippen molar-refractivity contribution in [3.8, 4) is 0 Å². The van der Waals surface area contributed by atoms with Crippen LogP contribution in [0.1, 0.15) is 51.6 Å². The highest BCUT2D eigenvalue weighted by Crippen LogP contribution is 2.22. The number of hydrogen-bond acceptors (Lipinski definition) is 3. The molecule has 110 valence electrons. The summed E-state index contributed by atoms with van der Waals surface area (Å²) in [6, 6.07) is 4.89. The van der Waals surface area contributed by atoms with Gasteiger partial charge in [0.05, 0.1) is 6.20 Å². The third-order valence-corrected chi connectivity index (χ3v) is 3.37. The molecule has 0 saturated heterocycles. The average molecular weight is 286 g/mol. The number of nitrogens with zero attached hydrogens (tertiary/aromatic N) is 1. The first-order valence-electron chi connectivity index (χ1n) is 6.65.